The molecule has 0 radical (unpaired) electrons. The summed E-state index contributed by atoms with van der Waals surface area (Å²) < 4.78 is 0. The Kier molecular flexibility index (Phi) is 4.41. The second kappa shape index (κ2) is 5.61. The quantitative estimate of drug-likeness (QED) is 0.603. The topological polar surface area (TPSA) is 64.9 Å². The van der Waals surface area contributed by atoms with Crippen LogP contribution in [0.4, 0.5) is 0 Å². The highest BCUT2D eigenvalue weighted by atomic mass is 16.1. The molecule has 0 saturated heterocycles. The van der Waals surface area contributed by atoms with E-state index in [2.05, 4.69) is 16.7 Å². The second-order valence-corrected chi connectivity index (χ2v) is 3.83. The van der Waals surface area contributed by atoms with Gasteiger partial charge in [-0.1, -0.05) is 0 Å². The molecule has 0 heterocycles. The van der Waals surface area contributed by atoms with E-state index in [4.69, 9.17) is 5.26 Å². The lowest BCUT2D eigenvalue weighted by Crippen LogP contribution is -2.30. The third-order valence-electron chi connectivity index (χ3n) is 2.14. The number of amides is 1. The molecule has 1 fully saturated rings. The zero-order valence-electron chi connectivity index (χ0n) is 8.55. The minimum atomic E-state index is 0.0153. The molecular formula is C10H17N3O. The first-order chi connectivity index (χ1) is 6.72. The molecule has 14 heavy (non-hydrogen) atoms. The van der Waals surface area contributed by atoms with Gasteiger partial charge in [-0.2, -0.15) is 5.26 Å². The van der Waals surface area contributed by atoms with Crippen molar-refractivity contribution in [2.24, 2.45) is 5.92 Å². The molecule has 1 amide bonds. The van der Waals surface area contributed by atoms with Gasteiger partial charge >= 0.3 is 0 Å². The smallest absolute Gasteiger partial charge is 0.221 e. The summed E-state index contributed by atoms with van der Waals surface area (Å²) in [4.78, 5) is 11.2. The standard InChI is InChI=1S/C10H17N3O/c1-8(6-11)7-12-5-4-10(14)13-9-2-3-9/h8-9,12H,2-5,7H2,1H3,(H,13,14). The summed E-state index contributed by atoms with van der Waals surface area (Å²) in [5, 5.41) is 14.5. The molecule has 1 aliphatic carbocycles. The molecule has 0 aliphatic heterocycles. The summed E-state index contributed by atoms with van der Waals surface area (Å²) in [6.07, 6.45) is 2.77. The van der Waals surface area contributed by atoms with Crippen LogP contribution in [0.2, 0.25) is 0 Å². The fraction of sp³-hybridized carbons (Fsp3) is 0.800. The van der Waals surface area contributed by atoms with Crippen molar-refractivity contribution in [2.45, 2.75) is 32.2 Å². The Balaban J connectivity index is 1.92. The lowest BCUT2D eigenvalue weighted by Gasteiger charge is -2.05. The molecule has 0 aromatic heterocycles. The average Bonchev–Trinajstić information content (AvgIpc) is 2.95. The predicted octanol–water partition coefficient (Wildman–Crippen LogP) is 0.404. The molecule has 78 valence electrons. The molecule has 1 saturated carbocycles. The molecule has 0 spiro atoms. The summed E-state index contributed by atoms with van der Waals surface area (Å²) in [6.45, 7) is 3.18. The number of nitrogens with zero attached hydrogens (tertiary/aromatic N) is 1. The summed E-state index contributed by atoms with van der Waals surface area (Å²) >= 11 is 0. The van der Waals surface area contributed by atoms with Crippen LogP contribution in [0, 0.1) is 17.2 Å². The van der Waals surface area contributed by atoms with E-state index >= 15 is 0 Å². The summed E-state index contributed by atoms with van der Waals surface area (Å²) in [7, 11) is 0. The molecule has 0 bridgehead atoms. The highest BCUT2D eigenvalue weighted by molar-refractivity contribution is 5.76. The number of hydrogen-bond donors (Lipinski definition) is 2. The normalized spacial score (nSPS) is 17.1. The van der Waals surface area contributed by atoms with Crippen molar-refractivity contribution in [1.82, 2.24) is 10.6 Å². The van der Waals surface area contributed by atoms with Gasteiger partial charge in [0, 0.05) is 25.6 Å². The van der Waals surface area contributed by atoms with Crippen molar-refractivity contribution in [1.29, 1.82) is 5.26 Å². The van der Waals surface area contributed by atoms with Crippen molar-refractivity contribution in [2.75, 3.05) is 13.1 Å². The van der Waals surface area contributed by atoms with Crippen LogP contribution in [-0.4, -0.2) is 25.0 Å². The summed E-state index contributed by atoms with van der Waals surface area (Å²) in [5.74, 6) is 0.131. The highest BCUT2D eigenvalue weighted by Gasteiger charge is 2.22. The minimum Gasteiger partial charge on any atom is -0.353 e. The number of rotatable bonds is 6. The number of carbonyl (C=O) groups is 1. The maximum atomic E-state index is 11.2. The van der Waals surface area contributed by atoms with E-state index in [1.807, 2.05) is 6.92 Å². The molecule has 1 rings (SSSR count). The van der Waals surface area contributed by atoms with E-state index < -0.39 is 0 Å². The molecule has 4 heteroatoms. The van der Waals surface area contributed by atoms with E-state index in [-0.39, 0.29) is 11.8 Å². The van der Waals surface area contributed by atoms with E-state index in [0.29, 0.717) is 25.6 Å². The van der Waals surface area contributed by atoms with Crippen LogP contribution in [0.5, 0.6) is 0 Å². The highest BCUT2D eigenvalue weighted by Crippen LogP contribution is 2.18. The molecule has 0 aromatic carbocycles. The Labute approximate surface area is 84.7 Å². The van der Waals surface area contributed by atoms with Gasteiger partial charge in [0.25, 0.3) is 0 Å². The zero-order valence-corrected chi connectivity index (χ0v) is 8.55. The number of hydrogen-bond acceptors (Lipinski definition) is 3. The first-order valence-electron chi connectivity index (χ1n) is 5.12. The molecule has 1 unspecified atom stereocenters. The second-order valence-electron chi connectivity index (χ2n) is 3.83. The third kappa shape index (κ3) is 4.83. The average molecular weight is 195 g/mol. The molecule has 4 nitrogen and oxygen atoms in total. The van der Waals surface area contributed by atoms with Crippen LogP contribution in [0.1, 0.15) is 26.2 Å². The molecule has 0 aromatic rings. The zero-order chi connectivity index (χ0) is 10.4. The van der Waals surface area contributed by atoms with Crippen LogP contribution in [0.25, 0.3) is 0 Å². The maximum Gasteiger partial charge on any atom is 0.221 e. The van der Waals surface area contributed by atoms with Gasteiger partial charge < -0.3 is 10.6 Å². The molecule has 1 atom stereocenters. The number of nitriles is 1. The van der Waals surface area contributed by atoms with Crippen molar-refractivity contribution in [3.63, 3.8) is 0 Å². The fourth-order valence-electron chi connectivity index (χ4n) is 1.09. The van der Waals surface area contributed by atoms with E-state index in [1.165, 1.54) is 0 Å². The van der Waals surface area contributed by atoms with Crippen molar-refractivity contribution >= 4 is 5.91 Å². The lowest BCUT2D eigenvalue weighted by molar-refractivity contribution is -0.121. The Morgan fingerprint density at radius 3 is 2.93 bits per heavy atom. The Morgan fingerprint density at radius 1 is 1.64 bits per heavy atom. The van der Waals surface area contributed by atoms with Gasteiger partial charge in [0.1, 0.15) is 0 Å². The van der Waals surface area contributed by atoms with Gasteiger partial charge in [-0.05, 0) is 19.8 Å². The SMILES string of the molecule is CC(C#N)CNCCC(=O)NC1CC1. The van der Waals surface area contributed by atoms with Gasteiger partial charge in [0.2, 0.25) is 5.91 Å². The first kappa shape index (κ1) is 11.0. The van der Waals surface area contributed by atoms with Crippen LogP contribution in [-0.2, 0) is 4.79 Å². The monoisotopic (exact) mass is 195 g/mol. The lowest BCUT2D eigenvalue weighted by atomic mass is 10.2. The van der Waals surface area contributed by atoms with Gasteiger partial charge in [0.05, 0.1) is 12.0 Å². The summed E-state index contributed by atoms with van der Waals surface area (Å²) in [5.41, 5.74) is 0. The number of nitrogens with one attached hydrogen (secondary N) is 2. The van der Waals surface area contributed by atoms with Crippen LogP contribution < -0.4 is 10.6 Å². The number of carbonyl (C=O) groups excluding carboxylic acids is 1. The van der Waals surface area contributed by atoms with Gasteiger partial charge in [-0.3, -0.25) is 4.79 Å². The van der Waals surface area contributed by atoms with Crippen LogP contribution in [0.3, 0.4) is 0 Å². The van der Waals surface area contributed by atoms with Crippen molar-refractivity contribution in [3.05, 3.63) is 0 Å². The van der Waals surface area contributed by atoms with Crippen LogP contribution >= 0.6 is 0 Å². The molecular weight excluding hydrogens is 178 g/mol. The van der Waals surface area contributed by atoms with E-state index in [0.717, 1.165) is 12.8 Å². The molecule has 2 N–H and O–H groups in total. The first-order valence-corrected chi connectivity index (χ1v) is 5.12. The van der Waals surface area contributed by atoms with Gasteiger partial charge in [-0.15, -0.1) is 0 Å². The fourth-order valence-corrected chi connectivity index (χ4v) is 1.09. The Hall–Kier alpha value is -1.08. The molecule has 1 aliphatic rings. The van der Waals surface area contributed by atoms with E-state index in [1.54, 1.807) is 0 Å². The summed E-state index contributed by atoms with van der Waals surface area (Å²) in [6, 6.07) is 2.58. The maximum absolute atomic E-state index is 11.2. The van der Waals surface area contributed by atoms with Crippen molar-refractivity contribution < 1.29 is 4.79 Å². The minimum absolute atomic E-state index is 0.0153. The van der Waals surface area contributed by atoms with Crippen LogP contribution in [0.15, 0.2) is 0 Å². The largest absolute Gasteiger partial charge is 0.353 e. The predicted molar refractivity (Wildman–Crippen MR) is 53.4 cm³/mol. The third-order valence-corrected chi connectivity index (χ3v) is 2.14. The van der Waals surface area contributed by atoms with Gasteiger partial charge in [-0.25, -0.2) is 0 Å². The van der Waals surface area contributed by atoms with Gasteiger partial charge in [0.15, 0.2) is 0 Å². The Bertz CT molecular complexity index is 230. The van der Waals surface area contributed by atoms with E-state index in [9.17, 15) is 4.79 Å². The van der Waals surface area contributed by atoms with Crippen molar-refractivity contribution in [3.8, 4) is 6.07 Å². The Morgan fingerprint density at radius 2 is 2.36 bits per heavy atom.